The molecule has 0 aromatic heterocycles. The molecule has 0 N–H and O–H groups in total. The summed E-state index contributed by atoms with van der Waals surface area (Å²) in [7, 11) is -0.235. The van der Waals surface area contributed by atoms with Gasteiger partial charge in [0.25, 0.3) is 0 Å². The van der Waals surface area contributed by atoms with Gasteiger partial charge < -0.3 is 18.9 Å². The van der Waals surface area contributed by atoms with Gasteiger partial charge in [-0.1, -0.05) is 54.7 Å². The maximum Gasteiger partial charge on any atom is 0.163 e. The van der Waals surface area contributed by atoms with Crippen LogP contribution in [0, 0.1) is 0 Å². The van der Waals surface area contributed by atoms with Gasteiger partial charge in [0, 0.05) is 12.7 Å². The normalized spacial score (nSPS) is 23.0. The van der Waals surface area contributed by atoms with Crippen LogP contribution in [0.1, 0.15) is 13.8 Å². The third kappa shape index (κ3) is 4.35. The van der Waals surface area contributed by atoms with E-state index in [0.717, 1.165) is 0 Å². The summed E-state index contributed by atoms with van der Waals surface area (Å²) in [5, 5.41) is 1.37. The summed E-state index contributed by atoms with van der Waals surface area (Å²) in [6, 6.07) is 10.6. The first-order chi connectivity index (χ1) is 11.3. The largest absolute Gasteiger partial charge is 0.359 e. The lowest BCUT2D eigenvalue weighted by atomic mass is 10.1. The molecule has 1 aliphatic rings. The van der Waals surface area contributed by atoms with Crippen molar-refractivity contribution in [2.75, 3.05) is 20.5 Å². The van der Waals surface area contributed by atoms with E-state index in [0.29, 0.717) is 6.61 Å². The fourth-order valence-corrected chi connectivity index (χ4v) is 6.52. The van der Waals surface area contributed by atoms with Gasteiger partial charge in [-0.3, -0.25) is 0 Å². The van der Waals surface area contributed by atoms with Gasteiger partial charge in [-0.15, -0.1) is 6.58 Å². The maximum absolute atomic E-state index is 6.09. The van der Waals surface area contributed by atoms with E-state index >= 15 is 0 Å². The van der Waals surface area contributed by atoms with Crippen LogP contribution in [0.15, 0.2) is 43.0 Å². The van der Waals surface area contributed by atoms with Gasteiger partial charge in [-0.25, -0.2) is 0 Å². The number of rotatable bonds is 8. The Morgan fingerprint density at radius 2 is 2.00 bits per heavy atom. The van der Waals surface area contributed by atoms with Gasteiger partial charge in [-0.05, 0) is 13.8 Å². The Labute approximate surface area is 146 Å². The average molecular weight is 351 g/mol. The van der Waals surface area contributed by atoms with Crippen molar-refractivity contribution in [1.29, 1.82) is 0 Å². The third-order valence-electron chi connectivity index (χ3n) is 4.73. The van der Waals surface area contributed by atoms with Crippen molar-refractivity contribution in [3.05, 3.63) is 43.0 Å². The van der Waals surface area contributed by atoms with Crippen LogP contribution in [0.5, 0.6) is 0 Å². The number of hydrogen-bond donors (Lipinski definition) is 0. The molecular weight excluding hydrogens is 320 g/mol. The predicted octanol–water partition coefficient (Wildman–Crippen LogP) is 3.30. The number of benzene rings is 1. The van der Waals surface area contributed by atoms with Crippen molar-refractivity contribution < 1.29 is 18.9 Å². The highest BCUT2D eigenvalue weighted by Gasteiger charge is 2.46. The topological polar surface area (TPSA) is 36.9 Å². The van der Waals surface area contributed by atoms with E-state index < -0.39 is 13.9 Å². The van der Waals surface area contributed by atoms with Crippen LogP contribution in [0.3, 0.4) is 0 Å². The van der Waals surface area contributed by atoms with Crippen LogP contribution in [-0.4, -0.2) is 46.6 Å². The van der Waals surface area contributed by atoms with E-state index in [9.17, 15) is 0 Å². The Hall–Kier alpha value is -0.983. The summed E-state index contributed by atoms with van der Waals surface area (Å²) in [6.07, 6.45) is 1.74. The van der Waals surface area contributed by atoms with Crippen molar-refractivity contribution in [3.8, 4) is 0 Å². The highest BCUT2D eigenvalue weighted by Crippen LogP contribution is 2.36. The highest BCUT2D eigenvalue weighted by molar-refractivity contribution is 6.91. The molecule has 1 heterocycles. The standard InChI is InChI=1S/C19H30O4Si/c1-7-17(24(5,6)15-11-9-8-10-12-15)18(21-14-20-4)16-13-22-19(2,3)23-16/h7-12,16-18H,1,13-14H2,2-6H3. The van der Waals surface area contributed by atoms with E-state index in [-0.39, 0.29) is 24.5 Å². The lowest BCUT2D eigenvalue weighted by Crippen LogP contribution is -2.53. The second-order valence-corrected chi connectivity index (χ2v) is 11.9. The summed E-state index contributed by atoms with van der Waals surface area (Å²) in [4.78, 5) is 0. The molecule has 0 radical (unpaired) electrons. The quantitative estimate of drug-likeness (QED) is 0.409. The number of methoxy groups -OCH3 is 1. The van der Waals surface area contributed by atoms with Gasteiger partial charge in [0.2, 0.25) is 0 Å². The third-order valence-corrected chi connectivity index (χ3v) is 8.79. The minimum absolute atomic E-state index is 0.131. The van der Waals surface area contributed by atoms with E-state index in [1.54, 1.807) is 7.11 Å². The molecule has 0 bridgehead atoms. The summed E-state index contributed by atoms with van der Waals surface area (Å²) < 4.78 is 23.1. The Balaban J connectivity index is 2.29. The zero-order chi connectivity index (χ0) is 17.8. The van der Waals surface area contributed by atoms with Gasteiger partial charge in [0.05, 0.1) is 20.8 Å². The average Bonchev–Trinajstić information content (AvgIpc) is 2.91. The molecule has 4 nitrogen and oxygen atoms in total. The van der Waals surface area contributed by atoms with Crippen LogP contribution in [-0.2, 0) is 18.9 Å². The van der Waals surface area contributed by atoms with Crippen molar-refractivity contribution >= 4 is 13.3 Å². The van der Waals surface area contributed by atoms with E-state index in [4.69, 9.17) is 18.9 Å². The fraction of sp³-hybridized carbons (Fsp3) is 0.579. The zero-order valence-corrected chi connectivity index (χ0v) is 16.5. The molecule has 0 aliphatic carbocycles. The van der Waals surface area contributed by atoms with Crippen molar-refractivity contribution in [1.82, 2.24) is 0 Å². The molecular formula is C19H30O4Si. The predicted molar refractivity (Wildman–Crippen MR) is 99.2 cm³/mol. The van der Waals surface area contributed by atoms with Crippen LogP contribution < -0.4 is 5.19 Å². The summed E-state index contributed by atoms with van der Waals surface area (Å²) in [5.41, 5.74) is 0.178. The lowest BCUT2D eigenvalue weighted by Gasteiger charge is -2.38. The Morgan fingerprint density at radius 3 is 2.50 bits per heavy atom. The van der Waals surface area contributed by atoms with E-state index in [1.807, 2.05) is 26.0 Å². The molecule has 1 fully saturated rings. The molecule has 24 heavy (non-hydrogen) atoms. The molecule has 1 aromatic rings. The van der Waals surface area contributed by atoms with Crippen LogP contribution in [0.25, 0.3) is 0 Å². The van der Waals surface area contributed by atoms with Crippen LogP contribution >= 0.6 is 0 Å². The molecule has 3 atom stereocenters. The van der Waals surface area contributed by atoms with Gasteiger partial charge in [0.15, 0.2) is 5.79 Å². The first kappa shape index (κ1) is 19.3. The van der Waals surface area contributed by atoms with E-state index in [1.165, 1.54) is 5.19 Å². The van der Waals surface area contributed by atoms with Crippen LogP contribution in [0.4, 0.5) is 0 Å². The highest BCUT2D eigenvalue weighted by atomic mass is 28.3. The molecule has 1 aromatic carbocycles. The summed E-state index contributed by atoms with van der Waals surface area (Å²) in [5.74, 6) is -0.580. The first-order valence-corrected chi connectivity index (χ1v) is 11.5. The zero-order valence-electron chi connectivity index (χ0n) is 15.5. The summed E-state index contributed by atoms with van der Waals surface area (Å²) in [6.45, 7) is 13.4. The Morgan fingerprint density at radius 1 is 1.33 bits per heavy atom. The molecule has 0 amide bonds. The molecule has 3 unspecified atom stereocenters. The second-order valence-electron chi connectivity index (χ2n) is 7.25. The molecule has 5 heteroatoms. The molecule has 0 saturated carbocycles. The second kappa shape index (κ2) is 7.93. The molecule has 134 valence electrons. The first-order valence-electron chi connectivity index (χ1n) is 8.42. The van der Waals surface area contributed by atoms with Gasteiger partial charge in [0.1, 0.15) is 12.9 Å². The van der Waals surface area contributed by atoms with Crippen molar-refractivity contribution in [3.63, 3.8) is 0 Å². The number of hydrogen-bond acceptors (Lipinski definition) is 4. The molecule has 2 rings (SSSR count). The Bertz CT molecular complexity index is 529. The molecule has 0 spiro atoms. The van der Waals surface area contributed by atoms with Crippen molar-refractivity contribution in [2.45, 2.75) is 50.5 Å². The molecule has 1 saturated heterocycles. The maximum atomic E-state index is 6.09. The fourth-order valence-electron chi connectivity index (χ4n) is 3.37. The smallest absolute Gasteiger partial charge is 0.163 e. The minimum atomic E-state index is -1.87. The Kier molecular flexibility index (Phi) is 6.39. The van der Waals surface area contributed by atoms with Crippen LogP contribution in [0.2, 0.25) is 18.6 Å². The number of ether oxygens (including phenoxy) is 4. The summed E-state index contributed by atoms with van der Waals surface area (Å²) >= 11 is 0. The molecule has 1 aliphatic heterocycles. The van der Waals surface area contributed by atoms with E-state index in [2.05, 4.69) is 43.9 Å². The lowest BCUT2D eigenvalue weighted by molar-refractivity contribution is -0.168. The van der Waals surface area contributed by atoms with Crippen molar-refractivity contribution in [2.24, 2.45) is 0 Å². The minimum Gasteiger partial charge on any atom is -0.359 e. The SMILES string of the molecule is C=CC(C(OCOC)C1COC(C)(C)O1)[Si](C)(C)c1ccccc1. The van der Waals surface area contributed by atoms with Gasteiger partial charge >= 0.3 is 0 Å². The monoisotopic (exact) mass is 350 g/mol. The van der Waals surface area contributed by atoms with Gasteiger partial charge in [-0.2, -0.15) is 0 Å².